The van der Waals surface area contributed by atoms with E-state index in [0.29, 0.717) is 30.3 Å². The molecule has 0 aliphatic heterocycles. The molecule has 3 aliphatic carbocycles. The smallest absolute Gasteiger partial charge is 0.306 e. The summed E-state index contributed by atoms with van der Waals surface area (Å²) in [5, 5.41) is 4.20. The van der Waals surface area contributed by atoms with Gasteiger partial charge < -0.3 is 9.57 Å². The monoisotopic (exact) mass is 253 g/mol. The van der Waals surface area contributed by atoms with E-state index < -0.39 is 0 Å². The lowest BCUT2D eigenvalue weighted by Crippen LogP contribution is -2.56. The summed E-state index contributed by atoms with van der Waals surface area (Å²) in [6.07, 6.45) is 2.66. The number of hydrogen-bond donors (Lipinski definition) is 0. The molecule has 102 valence electrons. The van der Waals surface area contributed by atoms with E-state index in [2.05, 4.69) is 19.0 Å². The molecule has 4 nitrogen and oxygen atoms in total. The van der Waals surface area contributed by atoms with Gasteiger partial charge in [-0.05, 0) is 31.1 Å². The van der Waals surface area contributed by atoms with Gasteiger partial charge in [0.25, 0.3) is 0 Å². The predicted molar refractivity (Wildman–Crippen MR) is 69.2 cm³/mol. The number of oxime groups is 1. The fourth-order valence-corrected chi connectivity index (χ4v) is 3.52. The highest BCUT2D eigenvalue weighted by Gasteiger charge is 2.56. The second-order valence-electron chi connectivity index (χ2n) is 5.95. The van der Waals surface area contributed by atoms with Crippen molar-refractivity contribution in [1.29, 1.82) is 0 Å². The Balaban J connectivity index is 2.08. The molecule has 0 amide bonds. The summed E-state index contributed by atoms with van der Waals surface area (Å²) >= 11 is 0. The Hall–Kier alpha value is -1.06. The van der Waals surface area contributed by atoms with Crippen LogP contribution in [-0.4, -0.2) is 25.4 Å². The van der Waals surface area contributed by atoms with Crippen LogP contribution in [0, 0.1) is 23.2 Å². The van der Waals surface area contributed by atoms with E-state index >= 15 is 0 Å². The molecule has 0 heterocycles. The molecule has 18 heavy (non-hydrogen) atoms. The first kappa shape index (κ1) is 13.4. The van der Waals surface area contributed by atoms with E-state index in [1.54, 1.807) is 7.11 Å². The van der Waals surface area contributed by atoms with E-state index in [4.69, 9.17) is 9.57 Å². The number of hydrogen-bond acceptors (Lipinski definition) is 4. The van der Waals surface area contributed by atoms with Crippen LogP contribution in [0.15, 0.2) is 5.16 Å². The summed E-state index contributed by atoms with van der Waals surface area (Å²) in [7, 11) is 1.58. The van der Waals surface area contributed by atoms with Gasteiger partial charge in [0.15, 0.2) is 0 Å². The molecule has 3 aliphatic rings. The Morgan fingerprint density at radius 3 is 2.72 bits per heavy atom. The molecule has 3 rings (SSSR count). The fourth-order valence-electron chi connectivity index (χ4n) is 3.52. The highest BCUT2D eigenvalue weighted by atomic mass is 16.6. The van der Waals surface area contributed by atoms with Gasteiger partial charge in [0, 0.05) is 11.8 Å². The van der Waals surface area contributed by atoms with Crippen molar-refractivity contribution >= 4 is 11.7 Å². The molecule has 0 aromatic carbocycles. The predicted octanol–water partition coefficient (Wildman–Crippen LogP) is 2.62. The number of ether oxygens (including phenoxy) is 1. The van der Waals surface area contributed by atoms with Crippen molar-refractivity contribution in [3.8, 4) is 0 Å². The summed E-state index contributed by atoms with van der Waals surface area (Å²) < 4.78 is 5.04. The minimum Gasteiger partial charge on any atom is -0.466 e. The van der Waals surface area contributed by atoms with E-state index in [0.717, 1.165) is 12.1 Å². The molecule has 3 atom stereocenters. The van der Waals surface area contributed by atoms with Crippen LogP contribution >= 0.6 is 0 Å². The van der Waals surface area contributed by atoms with Gasteiger partial charge in [0.1, 0.15) is 7.11 Å². The third kappa shape index (κ3) is 2.13. The third-order valence-electron chi connectivity index (χ3n) is 4.73. The number of nitrogens with zero attached hydrogens (tertiary/aromatic N) is 1. The highest BCUT2D eigenvalue weighted by Crippen LogP contribution is 2.59. The lowest BCUT2D eigenvalue weighted by atomic mass is 9.46. The van der Waals surface area contributed by atoms with Crippen LogP contribution in [0.4, 0.5) is 0 Å². The molecule has 0 aromatic heterocycles. The average molecular weight is 253 g/mol. The molecule has 0 N–H and O–H groups in total. The van der Waals surface area contributed by atoms with Crippen LogP contribution in [0.5, 0.6) is 0 Å². The largest absolute Gasteiger partial charge is 0.466 e. The van der Waals surface area contributed by atoms with Gasteiger partial charge in [0.05, 0.1) is 18.7 Å². The molecule has 0 unspecified atom stereocenters. The molecule has 3 fully saturated rings. The van der Waals surface area contributed by atoms with Gasteiger partial charge in [0.2, 0.25) is 0 Å². The maximum Gasteiger partial charge on any atom is 0.306 e. The second kappa shape index (κ2) is 4.90. The first-order chi connectivity index (χ1) is 8.50. The Morgan fingerprint density at radius 1 is 1.44 bits per heavy atom. The zero-order valence-corrected chi connectivity index (χ0v) is 11.7. The molecule has 3 saturated carbocycles. The van der Waals surface area contributed by atoms with Crippen LogP contribution in [0.25, 0.3) is 0 Å². The Labute approximate surface area is 109 Å². The minimum absolute atomic E-state index is 0.120. The van der Waals surface area contributed by atoms with E-state index in [9.17, 15) is 4.79 Å². The summed E-state index contributed by atoms with van der Waals surface area (Å²) in [5.74, 6) is 1.26. The number of esters is 1. The molecule has 0 saturated heterocycles. The van der Waals surface area contributed by atoms with E-state index in [1.807, 2.05) is 6.92 Å². The van der Waals surface area contributed by atoms with Crippen molar-refractivity contribution in [2.24, 2.45) is 28.3 Å². The Morgan fingerprint density at radius 2 is 2.17 bits per heavy atom. The summed E-state index contributed by atoms with van der Waals surface area (Å²) in [4.78, 5) is 16.6. The zero-order chi connectivity index (χ0) is 13.3. The number of fused-ring (bicyclic) bond motifs is 2. The molecule has 2 bridgehead atoms. The van der Waals surface area contributed by atoms with Crippen LogP contribution < -0.4 is 0 Å². The third-order valence-corrected chi connectivity index (χ3v) is 4.73. The maximum absolute atomic E-state index is 11.6. The molecular weight excluding hydrogens is 230 g/mol. The van der Waals surface area contributed by atoms with Crippen molar-refractivity contribution in [2.45, 2.75) is 40.0 Å². The molecule has 4 heteroatoms. The number of rotatable bonds is 4. The van der Waals surface area contributed by atoms with Crippen LogP contribution in [0.3, 0.4) is 0 Å². The van der Waals surface area contributed by atoms with Crippen LogP contribution in [-0.2, 0) is 14.4 Å². The van der Waals surface area contributed by atoms with Crippen LogP contribution in [0.2, 0.25) is 0 Å². The first-order valence-corrected chi connectivity index (χ1v) is 6.77. The standard InChI is InChI=1S/C14H23NO3/c1-5-18-12(16)7-9-6-10-8-11(14(10,2)3)13(9)15-17-4/h9-11H,5-8H2,1-4H3/b15-13-/t9-,10-,11-/m1/s1. The Bertz CT molecular complexity index is 362. The molecule has 0 aromatic rings. The minimum atomic E-state index is -0.120. The summed E-state index contributed by atoms with van der Waals surface area (Å²) in [6.45, 7) is 6.86. The first-order valence-electron chi connectivity index (χ1n) is 6.77. The fraction of sp³-hybridized carbons (Fsp3) is 0.857. The van der Waals surface area contributed by atoms with Crippen molar-refractivity contribution in [1.82, 2.24) is 0 Å². The van der Waals surface area contributed by atoms with Gasteiger partial charge in [-0.25, -0.2) is 0 Å². The molecular formula is C14H23NO3. The lowest BCUT2D eigenvalue weighted by Gasteiger charge is -2.58. The summed E-state index contributed by atoms with van der Waals surface area (Å²) in [5.41, 5.74) is 1.38. The zero-order valence-electron chi connectivity index (χ0n) is 11.7. The summed E-state index contributed by atoms with van der Waals surface area (Å²) in [6, 6.07) is 0. The SMILES string of the molecule is CCOC(=O)C[C@H]1C[C@@H]2C[C@H](/C1=N\OC)C2(C)C. The van der Waals surface area contributed by atoms with Gasteiger partial charge >= 0.3 is 5.97 Å². The van der Waals surface area contributed by atoms with Crippen LogP contribution in [0.1, 0.15) is 40.0 Å². The van der Waals surface area contributed by atoms with Crippen molar-refractivity contribution in [3.05, 3.63) is 0 Å². The second-order valence-corrected chi connectivity index (χ2v) is 5.95. The van der Waals surface area contributed by atoms with Gasteiger partial charge in [-0.3, -0.25) is 4.79 Å². The highest BCUT2D eigenvalue weighted by molar-refractivity contribution is 5.94. The maximum atomic E-state index is 11.6. The number of carbonyl (C=O) groups is 1. The van der Waals surface area contributed by atoms with Crippen molar-refractivity contribution < 1.29 is 14.4 Å². The Kier molecular flexibility index (Phi) is 3.64. The quantitative estimate of drug-likeness (QED) is 0.571. The number of carbonyl (C=O) groups excluding carboxylic acids is 1. The van der Waals surface area contributed by atoms with Gasteiger partial charge in [-0.2, -0.15) is 0 Å². The van der Waals surface area contributed by atoms with Gasteiger partial charge in [-0.15, -0.1) is 0 Å². The van der Waals surface area contributed by atoms with E-state index in [1.165, 1.54) is 6.42 Å². The topological polar surface area (TPSA) is 47.9 Å². The van der Waals surface area contributed by atoms with E-state index in [-0.39, 0.29) is 11.9 Å². The molecule has 0 radical (unpaired) electrons. The molecule has 0 spiro atoms. The van der Waals surface area contributed by atoms with Crippen molar-refractivity contribution in [2.75, 3.05) is 13.7 Å². The lowest BCUT2D eigenvalue weighted by molar-refractivity contribution is -0.144. The van der Waals surface area contributed by atoms with Gasteiger partial charge in [-0.1, -0.05) is 19.0 Å². The average Bonchev–Trinajstić information content (AvgIpc) is 2.31. The normalized spacial score (nSPS) is 34.9. The van der Waals surface area contributed by atoms with Crippen molar-refractivity contribution in [3.63, 3.8) is 0 Å².